The second-order valence-corrected chi connectivity index (χ2v) is 5.47. The molecule has 2 rings (SSSR count). The first kappa shape index (κ1) is 13.5. The monoisotopic (exact) mass is 253 g/mol. The van der Waals surface area contributed by atoms with Gasteiger partial charge in [0.25, 0.3) is 0 Å². The second-order valence-electron chi connectivity index (χ2n) is 5.47. The van der Waals surface area contributed by atoms with Crippen molar-refractivity contribution in [3.63, 3.8) is 0 Å². The summed E-state index contributed by atoms with van der Waals surface area (Å²) in [6, 6.07) is 0.516. The van der Waals surface area contributed by atoms with E-state index in [4.69, 9.17) is 9.26 Å². The van der Waals surface area contributed by atoms with Gasteiger partial charge in [0.05, 0.1) is 0 Å². The van der Waals surface area contributed by atoms with Crippen molar-refractivity contribution in [3.05, 3.63) is 11.7 Å². The van der Waals surface area contributed by atoms with Gasteiger partial charge < -0.3 is 14.6 Å². The topological polar surface area (TPSA) is 60.2 Å². The second kappa shape index (κ2) is 5.80. The van der Waals surface area contributed by atoms with Gasteiger partial charge in [-0.15, -0.1) is 0 Å². The summed E-state index contributed by atoms with van der Waals surface area (Å²) in [5.41, 5.74) is 0. The zero-order chi connectivity index (χ0) is 13.1. The van der Waals surface area contributed by atoms with Crippen molar-refractivity contribution in [2.75, 3.05) is 13.7 Å². The molecule has 102 valence electrons. The minimum atomic E-state index is -0.0818. The molecule has 2 heterocycles. The maximum atomic E-state index is 5.42. The molecule has 5 nitrogen and oxygen atoms in total. The maximum absolute atomic E-state index is 5.42. The van der Waals surface area contributed by atoms with Crippen molar-refractivity contribution in [1.82, 2.24) is 15.5 Å². The van der Waals surface area contributed by atoms with Crippen molar-refractivity contribution in [1.29, 1.82) is 0 Å². The lowest BCUT2D eigenvalue weighted by molar-refractivity contribution is 0.0555. The van der Waals surface area contributed by atoms with E-state index in [9.17, 15) is 0 Å². The number of piperidine rings is 1. The molecule has 0 amide bonds. The molecule has 3 atom stereocenters. The summed E-state index contributed by atoms with van der Waals surface area (Å²) in [5.74, 6) is 2.16. The molecule has 1 aromatic rings. The van der Waals surface area contributed by atoms with Gasteiger partial charge in [-0.05, 0) is 32.2 Å². The van der Waals surface area contributed by atoms with Crippen LogP contribution < -0.4 is 5.32 Å². The Bertz CT molecular complexity index is 378. The van der Waals surface area contributed by atoms with E-state index in [1.165, 1.54) is 0 Å². The Kier molecular flexibility index (Phi) is 4.35. The molecular formula is C13H23N3O2. The number of nitrogens with zero attached hydrogens (tertiary/aromatic N) is 2. The summed E-state index contributed by atoms with van der Waals surface area (Å²) in [5, 5.41) is 7.50. The van der Waals surface area contributed by atoms with Gasteiger partial charge in [0.15, 0.2) is 0 Å². The van der Waals surface area contributed by atoms with Gasteiger partial charge in [-0.2, -0.15) is 4.98 Å². The minimum absolute atomic E-state index is 0.0818. The lowest BCUT2D eigenvalue weighted by Gasteiger charge is -2.25. The van der Waals surface area contributed by atoms with Gasteiger partial charge >= 0.3 is 0 Å². The smallest absolute Gasteiger partial charge is 0.229 e. The van der Waals surface area contributed by atoms with Gasteiger partial charge in [-0.3, -0.25) is 0 Å². The third-order valence-electron chi connectivity index (χ3n) is 3.54. The Balaban J connectivity index is 2.09. The molecule has 5 heteroatoms. The molecule has 0 saturated carbocycles. The lowest BCUT2D eigenvalue weighted by atomic mass is 9.93. The molecule has 1 N–H and O–H groups in total. The number of hydrogen-bond donors (Lipinski definition) is 1. The van der Waals surface area contributed by atoms with Crippen LogP contribution in [0.1, 0.15) is 57.3 Å². The van der Waals surface area contributed by atoms with Crippen LogP contribution in [0.5, 0.6) is 0 Å². The standard InChI is InChI=1S/C13H23N3O2/c1-8(2)11(17-4)12-15-13(18-16-12)10-5-6-14-9(3)7-10/h8-11,14H,5-7H2,1-4H3. The zero-order valence-electron chi connectivity index (χ0n) is 11.6. The molecule has 1 aliphatic rings. The Morgan fingerprint density at radius 2 is 2.22 bits per heavy atom. The normalized spacial score (nSPS) is 26.5. The summed E-state index contributed by atoms with van der Waals surface area (Å²) in [7, 11) is 1.69. The maximum Gasteiger partial charge on any atom is 0.229 e. The molecule has 0 spiro atoms. The van der Waals surface area contributed by atoms with Gasteiger partial charge in [0.1, 0.15) is 6.10 Å². The van der Waals surface area contributed by atoms with Crippen LogP contribution in [0.2, 0.25) is 0 Å². The van der Waals surface area contributed by atoms with Crippen LogP contribution >= 0.6 is 0 Å². The molecule has 1 aliphatic heterocycles. The Labute approximate surface area is 108 Å². The number of rotatable bonds is 4. The van der Waals surface area contributed by atoms with Crippen molar-refractivity contribution in [2.24, 2.45) is 5.92 Å². The van der Waals surface area contributed by atoms with E-state index in [1.807, 2.05) is 0 Å². The molecule has 0 radical (unpaired) electrons. The largest absolute Gasteiger partial charge is 0.373 e. The van der Waals surface area contributed by atoms with Crippen LogP contribution in [0, 0.1) is 5.92 Å². The Hall–Kier alpha value is -0.940. The number of nitrogens with one attached hydrogen (secondary N) is 1. The molecule has 1 fully saturated rings. The molecule has 18 heavy (non-hydrogen) atoms. The summed E-state index contributed by atoms with van der Waals surface area (Å²) in [6.45, 7) is 7.39. The predicted molar refractivity (Wildman–Crippen MR) is 68.3 cm³/mol. The van der Waals surface area contributed by atoms with Crippen LogP contribution in [0.3, 0.4) is 0 Å². The minimum Gasteiger partial charge on any atom is -0.373 e. The average Bonchev–Trinajstić information content (AvgIpc) is 2.79. The lowest BCUT2D eigenvalue weighted by Crippen LogP contribution is -2.35. The number of methoxy groups -OCH3 is 1. The van der Waals surface area contributed by atoms with Crippen LogP contribution in [-0.4, -0.2) is 29.8 Å². The van der Waals surface area contributed by atoms with Crippen molar-refractivity contribution in [3.8, 4) is 0 Å². The Morgan fingerprint density at radius 1 is 1.44 bits per heavy atom. The van der Waals surface area contributed by atoms with Crippen LogP contribution in [0.4, 0.5) is 0 Å². The van der Waals surface area contributed by atoms with E-state index in [-0.39, 0.29) is 6.10 Å². The first-order chi connectivity index (χ1) is 8.61. The zero-order valence-corrected chi connectivity index (χ0v) is 11.6. The number of aromatic nitrogens is 2. The van der Waals surface area contributed by atoms with Crippen LogP contribution in [-0.2, 0) is 4.74 Å². The summed E-state index contributed by atoms with van der Waals surface area (Å²) in [4.78, 5) is 4.53. The third kappa shape index (κ3) is 2.90. The number of hydrogen-bond acceptors (Lipinski definition) is 5. The fourth-order valence-corrected chi connectivity index (χ4v) is 2.56. The molecular weight excluding hydrogens is 230 g/mol. The Morgan fingerprint density at radius 3 is 2.83 bits per heavy atom. The molecule has 0 bridgehead atoms. The highest BCUT2D eigenvalue weighted by atomic mass is 16.5. The molecule has 1 aromatic heterocycles. The van der Waals surface area contributed by atoms with E-state index in [0.717, 1.165) is 25.3 Å². The van der Waals surface area contributed by atoms with E-state index in [0.29, 0.717) is 23.7 Å². The van der Waals surface area contributed by atoms with Crippen molar-refractivity contribution < 1.29 is 9.26 Å². The van der Waals surface area contributed by atoms with Gasteiger partial charge in [-0.25, -0.2) is 0 Å². The van der Waals surface area contributed by atoms with Gasteiger partial charge in [0.2, 0.25) is 11.7 Å². The highest BCUT2D eigenvalue weighted by Gasteiger charge is 2.27. The highest BCUT2D eigenvalue weighted by Crippen LogP contribution is 2.29. The first-order valence-corrected chi connectivity index (χ1v) is 6.71. The quantitative estimate of drug-likeness (QED) is 0.892. The van der Waals surface area contributed by atoms with E-state index in [1.54, 1.807) is 7.11 Å². The molecule has 0 aliphatic carbocycles. The number of ether oxygens (including phenoxy) is 1. The van der Waals surface area contributed by atoms with Gasteiger partial charge in [0, 0.05) is 19.1 Å². The predicted octanol–water partition coefficient (Wildman–Crippen LogP) is 2.27. The average molecular weight is 253 g/mol. The highest BCUT2D eigenvalue weighted by molar-refractivity contribution is 5.00. The van der Waals surface area contributed by atoms with E-state index < -0.39 is 0 Å². The summed E-state index contributed by atoms with van der Waals surface area (Å²) >= 11 is 0. The van der Waals surface area contributed by atoms with Crippen molar-refractivity contribution in [2.45, 2.75) is 51.7 Å². The summed E-state index contributed by atoms with van der Waals surface area (Å²) < 4.78 is 10.8. The van der Waals surface area contributed by atoms with E-state index >= 15 is 0 Å². The third-order valence-corrected chi connectivity index (χ3v) is 3.54. The fourth-order valence-electron chi connectivity index (χ4n) is 2.56. The molecule has 0 aromatic carbocycles. The summed E-state index contributed by atoms with van der Waals surface area (Å²) in [6.07, 6.45) is 2.04. The van der Waals surface area contributed by atoms with Gasteiger partial charge in [-0.1, -0.05) is 19.0 Å². The van der Waals surface area contributed by atoms with Crippen molar-refractivity contribution >= 4 is 0 Å². The molecule has 3 unspecified atom stereocenters. The van der Waals surface area contributed by atoms with Crippen LogP contribution in [0.25, 0.3) is 0 Å². The SMILES string of the molecule is COC(c1noc(C2CCNC(C)C2)n1)C(C)C. The fraction of sp³-hybridized carbons (Fsp3) is 0.846. The molecule has 1 saturated heterocycles. The van der Waals surface area contributed by atoms with E-state index in [2.05, 4.69) is 36.2 Å². The first-order valence-electron chi connectivity index (χ1n) is 6.71. The van der Waals surface area contributed by atoms with Crippen LogP contribution in [0.15, 0.2) is 4.52 Å².